The summed E-state index contributed by atoms with van der Waals surface area (Å²) in [7, 11) is 1.87. The average molecular weight is 591 g/mol. The number of hydrogen-bond acceptors (Lipinski definition) is 7. The zero-order valence-electron chi connectivity index (χ0n) is 25.1. The molecule has 0 aliphatic carbocycles. The van der Waals surface area contributed by atoms with Crippen LogP contribution in [-0.2, 0) is 34.4 Å². The van der Waals surface area contributed by atoms with Crippen LogP contribution < -0.4 is 26.0 Å². The molecule has 0 saturated heterocycles. The molecule has 43 heavy (non-hydrogen) atoms. The third kappa shape index (κ3) is 7.32. The van der Waals surface area contributed by atoms with E-state index in [1.165, 1.54) is 25.1 Å². The van der Waals surface area contributed by atoms with Crippen molar-refractivity contribution in [2.45, 2.75) is 65.7 Å². The number of amides is 4. The normalized spacial score (nSPS) is 19.5. The van der Waals surface area contributed by atoms with Gasteiger partial charge in [-0.15, -0.1) is 0 Å². The highest BCUT2D eigenvalue weighted by Gasteiger charge is 2.30. The number of aryl methyl sites for hydroxylation is 1. The van der Waals surface area contributed by atoms with Gasteiger partial charge >= 0.3 is 0 Å². The number of fused-ring (bicyclic) bond motifs is 11. The molecular formula is C31H38N6O6. The van der Waals surface area contributed by atoms with Gasteiger partial charge in [-0.3, -0.25) is 19.2 Å². The highest BCUT2D eigenvalue weighted by Crippen LogP contribution is 2.28. The molecule has 2 aliphatic heterocycles. The molecular weight excluding hydrogens is 552 g/mol. The van der Waals surface area contributed by atoms with Crippen molar-refractivity contribution in [3.63, 3.8) is 0 Å². The first-order valence-electron chi connectivity index (χ1n) is 14.1. The largest absolute Gasteiger partial charge is 0.507 e. The van der Waals surface area contributed by atoms with E-state index in [0.717, 1.165) is 17.0 Å². The molecule has 3 aromatic rings. The van der Waals surface area contributed by atoms with Crippen LogP contribution in [0.4, 0.5) is 0 Å². The van der Waals surface area contributed by atoms with Gasteiger partial charge in [-0.25, -0.2) is 4.98 Å². The van der Waals surface area contributed by atoms with Gasteiger partial charge in [0.25, 0.3) is 5.91 Å². The Balaban J connectivity index is 1.64. The maximum absolute atomic E-state index is 13.4. The second kappa shape index (κ2) is 13.0. The summed E-state index contributed by atoms with van der Waals surface area (Å²) in [5.74, 6) is -1.43. The molecule has 3 heterocycles. The molecule has 1 aromatic heterocycles. The van der Waals surface area contributed by atoms with Crippen molar-refractivity contribution in [3.8, 4) is 17.2 Å². The Kier molecular flexibility index (Phi) is 9.37. The Labute approximate surface area is 250 Å². The molecule has 12 nitrogen and oxygen atoms in total. The third-order valence-corrected chi connectivity index (χ3v) is 7.56. The molecule has 0 fully saturated rings. The molecule has 0 saturated carbocycles. The highest BCUT2D eigenvalue weighted by molar-refractivity contribution is 6.00. The van der Waals surface area contributed by atoms with E-state index in [2.05, 4.69) is 26.3 Å². The molecule has 5 rings (SSSR count). The summed E-state index contributed by atoms with van der Waals surface area (Å²) in [6, 6.07) is 8.20. The van der Waals surface area contributed by atoms with Crippen molar-refractivity contribution in [2.24, 2.45) is 13.0 Å². The fraction of sp³-hybridized carbons (Fsp3) is 0.387. The quantitative estimate of drug-likeness (QED) is 0.291. The number of rotatable bonds is 4. The minimum atomic E-state index is -1.02. The maximum Gasteiger partial charge on any atom is 0.255 e. The topological polar surface area (TPSA) is 164 Å². The maximum atomic E-state index is 13.4. The SMILES string of the molecule is Cc1nc(CNC(=O)[C@@H]2Cc3ccc(cc3)Oc3ccc(O)c(c3)C(=O)N[C@@H](C(C)C)C(=O)N[C@@H](C)C(=O)N2)n(C)c1C. The summed E-state index contributed by atoms with van der Waals surface area (Å²) in [6.45, 7) is 8.99. The Morgan fingerprint density at radius 1 is 1.05 bits per heavy atom. The molecule has 4 amide bonds. The number of carbonyl (C=O) groups is 4. The molecule has 0 radical (unpaired) electrons. The van der Waals surface area contributed by atoms with Crippen LogP contribution in [0.1, 0.15) is 53.9 Å². The van der Waals surface area contributed by atoms with Gasteiger partial charge in [-0.1, -0.05) is 26.0 Å². The molecule has 2 aliphatic rings. The van der Waals surface area contributed by atoms with Crippen LogP contribution in [0.25, 0.3) is 0 Å². The minimum Gasteiger partial charge on any atom is -0.507 e. The van der Waals surface area contributed by atoms with E-state index in [4.69, 9.17) is 4.74 Å². The predicted molar refractivity (Wildman–Crippen MR) is 158 cm³/mol. The van der Waals surface area contributed by atoms with Crippen LogP contribution in [0.15, 0.2) is 42.5 Å². The minimum absolute atomic E-state index is 0.0656. The Hall–Kier alpha value is -4.87. The monoisotopic (exact) mass is 590 g/mol. The summed E-state index contributed by atoms with van der Waals surface area (Å²) in [4.78, 5) is 57.4. The van der Waals surface area contributed by atoms with Gasteiger partial charge in [0, 0.05) is 19.2 Å². The van der Waals surface area contributed by atoms with E-state index in [1.807, 2.05) is 25.5 Å². The zero-order chi connectivity index (χ0) is 31.4. The fourth-order valence-corrected chi connectivity index (χ4v) is 4.69. The Bertz CT molecular complexity index is 1530. The number of imidazole rings is 1. The Morgan fingerprint density at radius 3 is 2.35 bits per heavy atom. The number of phenols is 1. The van der Waals surface area contributed by atoms with Gasteiger partial charge < -0.3 is 35.7 Å². The summed E-state index contributed by atoms with van der Waals surface area (Å²) < 4.78 is 7.80. The van der Waals surface area contributed by atoms with E-state index in [1.54, 1.807) is 38.1 Å². The Morgan fingerprint density at radius 2 is 1.72 bits per heavy atom. The van der Waals surface area contributed by atoms with E-state index in [-0.39, 0.29) is 30.2 Å². The smallest absolute Gasteiger partial charge is 0.255 e. The number of aromatic nitrogens is 2. The molecule has 0 unspecified atom stereocenters. The number of benzene rings is 2. The fourth-order valence-electron chi connectivity index (χ4n) is 4.69. The molecule has 4 bridgehead atoms. The summed E-state index contributed by atoms with van der Waals surface area (Å²) >= 11 is 0. The lowest BCUT2D eigenvalue weighted by Gasteiger charge is -2.25. The number of nitrogens with one attached hydrogen (secondary N) is 4. The molecule has 228 valence electrons. The van der Waals surface area contributed by atoms with Gasteiger partial charge in [0.15, 0.2) is 0 Å². The first kappa shape index (κ1) is 31.1. The predicted octanol–water partition coefficient (Wildman–Crippen LogP) is 2.15. The van der Waals surface area contributed by atoms with Crippen LogP contribution in [0.2, 0.25) is 0 Å². The van der Waals surface area contributed by atoms with Crippen LogP contribution in [0.3, 0.4) is 0 Å². The van der Waals surface area contributed by atoms with Crippen LogP contribution in [0, 0.1) is 19.8 Å². The highest BCUT2D eigenvalue weighted by atomic mass is 16.5. The lowest BCUT2D eigenvalue weighted by atomic mass is 10.0. The van der Waals surface area contributed by atoms with Gasteiger partial charge in [0.05, 0.1) is 17.8 Å². The van der Waals surface area contributed by atoms with Crippen LogP contribution >= 0.6 is 0 Å². The summed E-state index contributed by atoms with van der Waals surface area (Å²) in [5.41, 5.74) is 2.53. The van der Waals surface area contributed by atoms with E-state index < -0.39 is 41.8 Å². The van der Waals surface area contributed by atoms with E-state index in [0.29, 0.717) is 17.3 Å². The van der Waals surface area contributed by atoms with E-state index in [9.17, 15) is 24.3 Å². The first-order valence-corrected chi connectivity index (χ1v) is 14.1. The van der Waals surface area contributed by atoms with Crippen molar-refractivity contribution >= 4 is 23.6 Å². The molecule has 3 atom stereocenters. The number of nitrogens with zero attached hydrogens (tertiary/aromatic N) is 2. The molecule has 2 aromatic carbocycles. The van der Waals surface area contributed by atoms with Crippen molar-refractivity contribution in [1.29, 1.82) is 0 Å². The average Bonchev–Trinajstić information content (AvgIpc) is 3.21. The standard InChI is InChI=1S/C31H38N6O6/c1-16(2)27-31(42)34-18(4)28(39)35-24(30(41)32-15-26-33-17(3)19(5)37(26)6)13-20-7-9-21(10-8-20)43-22-11-12-25(38)23(14-22)29(40)36-27/h7-12,14,16,18,24,27,38H,13,15H2,1-6H3,(H,32,41)(H,34,42)(H,35,39)(H,36,40)/t18-,24-,27-/m0/s1. The van der Waals surface area contributed by atoms with Crippen LogP contribution in [-0.4, -0.2) is 56.4 Å². The van der Waals surface area contributed by atoms with Gasteiger partial charge in [-0.2, -0.15) is 0 Å². The van der Waals surface area contributed by atoms with Crippen molar-refractivity contribution < 1.29 is 29.0 Å². The number of aromatic hydroxyl groups is 1. The third-order valence-electron chi connectivity index (χ3n) is 7.56. The molecule has 5 N–H and O–H groups in total. The molecule has 12 heteroatoms. The van der Waals surface area contributed by atoms with Crippen molar-refractivity contribution in [2.75, 3.05) is 0 Å². The van der Waals surface area contributed by atoms with Crippen molar-refractivity contribution in [3.05, 3.63) is 70.8 Å². The van der Waals surface area contributed by atoms with Gasteiger partial charge in [-0.05, 0) is 62.6 Å². The first-order chi connectivity index (χ1) is 20.3. The second-order valence-corrected chi connectivity index (χ2v) is 11.1. The van der Waals surface area contributed by atoms with Gasteiger partial charge in [0.2, 0.25) is 17.7 Å². The summed E-state index contributed by atoms with van der Waals surface area (Å²) in [6.07, 6.45) is 0.172. The number of ether oxygens (including phenoxy) is 1. The van der Waals surface area contributed by atoms with Crippen LogP contribution in [0.5, 0.6) is 17.2 Å². The van der Waals surface area contributed by atoms with Crippen molar-refractivity contribution in [1.82, 2.24) is 30.8 Å². The number of phenolic OH excluding ortho intramolecular Hbond substituents is 1. The number of carbonyl (C=O) groups excluding carboxylic acids is 4. The zero-order valence-corrected chi connectivity index (χ0v) is 25.1. The lowest BCUT2D eigenvalue weighted by Crippen LogP contribution is -2.57. The lowest BCUT2D eigenvalue weighted by molar-refractivity contribution is -0.132. The molecule has 0 spiro atoms. The number of hydrogen-bond donors (Lipinski definition) is 5. The second-order valence-electron chi connectivity index (χ2n) is 11.1. The van der Waals surface area contributed by atoms with Gasteiger partial charge in [0.1, 0.15) is 41.2 Å². The van der Waals surface area contributed by atoms with E-state index >= 15 is 0 Å². The summed E-state index contributed by atoms with van der Waals surface area (Å²) in [5, 5.41) is 21.3.